The van der Waals surface area contributed by atoms with E-state index in [1.807, 2.05) is 6.92 Å². The summed E-state index contributed by atoms with van der Waals surface area (Å²) in [6, 6.07) is 3.36. The standard InChI is InChI=1S/C14H16N4O3/c1-8-16-17-12-5-3-10(7-18(8)12)13(19)15-11-4-2-9(6-11)14(20)21/h3,5,7,9,11H,2,4,6H2,1H3,(H,15,19)(H,20,21)/t9-,11+/m0/s1. The molecular weight excluding hydrogens is 272 g/mol. The van der Waals surface area contributed by atoms with Crippen molar-refractivity contribution in [2.24, 2.45) is 5.92 Å². The Bertz CT molecular complexity index is 709. The highest BCUT2D eigenvalue weighted by molar-refractivity contribution is 5.94. The number of carboxylic acids is 1. The lowest BCUT2D eigenvalue weighted by Gasteiger charge is -2.12. The summed E-state index contributed by atoms with van der Waals surface area (Å²) < 4.78 is 1.75. The molecule has 0 bridgehead atoms. The number of hydrogen-bond donors (Lipinski definition) is 2. The molecule has 0 aliphatic heterocycles. The summed E-state index contributed by atoms with van der Waals surface area (Å²) >= 11 is 0. The summed E-state index contributed by atoms with van der Waals surface area (Å²) in [7, 11) is 0. The van der Waals surface area contributed by atoms with Gasteiger partial charge in [0.1, 0.15) is 5.82 Å². The van der Waals surface area contributed by atoms with Crippen LogP contribution in [0.2, 0.25) is 0 Å². The zero-order valence-electron chi connectivity index (χ0n) is 11.6. The summed E-state index contributed by atoms with van der Waals surface area (Å²) in [6.45, 7) is 1.82. The Morgan fingerprint density at radius 2 is 2.14 bits per heavy atom. The van der Waals surface area contributed by atoms with Crippen LogP contribution in [0.1, 0.15) is 35.4 Å². The van der Waals surface area contributed by atoms with Gasteiger partial charge < -0.3 is 10.4 Å². The first-order valence-corrected chi connectivity index (χ1v) is 6.89. The first kappa shape index (κ1) is 13.5. The molecule has 1 aliphatic rings. The summed E-state index contributed by atoms with van der Waals surface area (Å²) in [6.07, 6.45) is 3.51. The Kier molecular flexibility index (Phi) is 3.32. The Morgan fingerprint density at radius 3 is 2.86 bits per heavy atom. The lowest BCUT2D eigenvalue weighted by molar-refractivity contribution is -0.141. The Balaban J connectivity index is 1.72. The average Bonchev–Trinajstić information content (AvgIpc) is 3.06. The van der Waals surface area contributed by atoms with Gasteiger partial charge in [-0.15, -0.1) is 10.2 Å². The van der Waals surface area contributed by atoms with E-state index in [2.05, 4.69) is 15.5 Å². The third-order valence-electron chi connectivity index (χ3n) is 3.95. The number of pyridine rings is 1. The van der Waals surface area contributed by atoms with Crippen LogP contribution in [0.25, 0.3) is 5.65 Å². The highest BCUT2D eigenvalue weighted by atomic mass is 16.4. The lowest BCUT2D eigenvalue weighted by Crippen LogP contribution is -2.33. The topological polar surface area (TPSA) is 96.6 Å². The van der Waals surface area contributed by atoms with E-state index in [9.17, 15) is 9.59 Å². The highest BCUT2D eigenvalue weighted by Crippen LogP contribution is 2.25. The van der Waals surface area contributed by atoms with Crippen molar-refractivity contribution in [2.75, 3.05) is 0 Å². The normalized spacial score (nSPS) is 21.6. The number of rotatable bonds is 3. The summed E-state index contributed by atoms with van der Waals surface area (Å²) in [5.74, 6) is -0.612. The fraction of sp³-hybridized carbons (Fsp3) is 0.429. The van der Waals surface area contributed by atoms with E-state index in [0.717, 1.165) is 0 Å². The number of hydrogen-bond acceptors (Lipinski definition) is 4. The van der Waals surface area contributed by atoms with Crippen LogP contribution in [0.3, 0.4) is 0 Å². The smallest absolute Gasteiger partial charge is 0.306 e. The molecule has 2 aromatic heterocycles. The first-order valence-electron chi connectivity index (χ1n) is 6.89. The molecule has 2 N–H and O–H groups in total. The summed E-state index contributed by atoms with van der Waals surface area (Å²) in [4.78, 5) is 23.2. The molecule has 0 saturated heterocycles. The minimum absolute atomic E-state index is 0.0729. The molecule has 0 aromatic carbocycles. The minimum Gasteiger partial charge on any atom is -0.481 e. The molecule has 1 aliphatic carbocycles. The van der Waals surface area contributed by atoms with Gasteiger partial charge in [-0.1, -0.05) is 0 Å². The second kappa shape index (κ2) is 5.16. The predicted octanol–water partition coefficient (Wildman–Crippen LogP) is 1.02. The highest BCUT2D eigenvalue weighted by Gasteiger charge is 2.30. The van der Waals surface area contributed by atoms with Crippen molar-refractivity contribution in [1.29, 1.82) is 0 Å². The van der Waals surface area contributed by atoms with Crippen LogP contribution in [0.4, 0.5) is 0 Å². The molecule has 1 fully saturated rings. The van der Waals surface area contributed by atoms with Crippen LogP contribution < -0.4 is 5.32 Å². The van der Waals surface area contributed by atoms with Gasteiger partial charge in [0.2, 0.25) is 0 Å². The third-order valence-corrected chi connectivity index (χ3v) is 3.95. The number of carbonyl (C=O) groups is 2. The monoisotopic (exact) mass is 288 g/mol. The fourth-order valence-electron chi connectivity index (χ4n) is 2.75. The molecule has 3 rings (SSSR count). The molecule has 21 heavy (non-hydrogen) atoms. The quantitative estimate of drug-likeness (QED) is 0.879. The first-order chi connectivity index (χ1) is 10.0. The Hall–Kier alpha value is -2.44. The zero-order chi connectivity index (χ0) is 15.0. The summed E-state index contributed by atoms with van der Waals surface area (Å²) in [5.41, 5.74) is 1.21. The molecule has 1 amide bonds. The predicted molar refractivity (Wildman–Crippen MR) is 74.0 cm³/mol. The minimum atomic E-state index is -0.784. The zero-order valence-corrected chi connectivity index (χ0v) is 11.6. The van der Waals surface area contributed by atoms with E-state index < -0.39 is 5.97 Å². The molecule has 110 valence electrons. The van der Waals surface area contributed by atoms with Crippen molar-refractivity contribution in [3.05, 3.63) is 29.7 Å². The number of fused-ring (bicyclic) bond motifs is 1. The van der Waals surface area contributed by atoms with Crippen LogP contribution in [-0.2, 0) is 4.79 Å². The van der Waals surface area contributed by atoms with Gasteiger partial charge in [0.15, 0.2) is 5.65 Å². The number of carbonyl (C=O) groups excluding carboxylic acids is 1. The van der Waals surface area contributed by atoms with Crippen LogP contribution in [0, 0.1) is 12.8 Å². The van der Waals surface area contributed by atoms with E-state index in [1.54, 1.807) is 22.7 Å². The van der Waals surface area contributed by atoms with Crippen molar-refractivity contribution in [3.8, 4) is 0 Å². The summed E-state index contributed by atoms with van der Waals surface area (Å²) in [5, 5.41) is 19.8. The van der Waals surface area contributed by atoms with Gasteiger partial charge in [-0.05, 0) is 38.3 Å². The largest absolute Gasteiger partial charge is 0.481 e. The van der Waals surface area contributed by atoms with E-state index in [1.165, 1.54) is 0 Å². The maximum atomic E-state index is 12.2. The van der Waals surface area contributed by atoms with Crippen LogP contribution in [0.5, 0.6) is 0 Å². The Morgan fingerprint density at radius 1 is 1.33 bits per heavy atom. The molecule has 0 unspecified atom stereocenters. The molecular formula is C14H16N4O3. The number of aromatic nitrogens is 3. The number of aliphatic carboxylic acids is 1. The maximum Gasteiger partial charge on any atom is 0.306 e. The van der Waals surface area contributed by atoms with Crippen molar-refractivity contribution in [1.82, 2.24) is 19.9 Å². The van der Waals surface area contributed by atoms with E-state index in [0.29, 0.717) is 36.3 Å². The fourth-order valence-corrected chi connectivity index (χ4v) is 2.75. The number of nitrogens with one attached hydrogen (secondary N) is 1. The van der Waals surface area contributed by atoms with Gasteiger partial charge >= 0.3 is 5.97 Å². The average molecular weight is 288 g/mol. The van der Waals surface area contributed by atoms with Crippen LogP contribution >= 0.6 is 0 Å². The van der Waals surface area contributed by atoms with Crippen molar-refractivity contribution < 1.29 is 14.7 Å². The Labute approximate surface area is 121 Å². The van der Waals surface area contributed by atoms with Crippen LogP contribution in [0.15, 0.2) is 18.3 Å². The molecule has 1 saturated carbocycles. The third kappa shape index (κ3) is 2.58. The molecule has 7 heteroatoms. The number of aryl methyl sites for hydroxylation is 1. The van der Waals surface area contributed by atoms with Gasteiger partial charge in [-0.3, -0.25) is 14.0 Å². The number of carboxylic acid groups (broad SMARTS) is 1. The molecule has 7 nitrogen and oxygen atoms in total. The van der Waals surface area contributed by atoms with Crippen molar-refractivity contribution >= 4 is 17.5 Å². The van der Waals surface area contributed by atoms with Crippen molar-refractivity contribution in [2.45, 2.75) is 32.2 Å². The second-order valence-electron chi connectivity index (χ2n) is 5.41. The molecule has 2 heterocycles. The van der Waals surface area contributed by atoms with E-state index >= 15 is 0 Å². The van der Waals surface area contributed by atoms with Gasteiger partial charge in [-0.2, -0.15) is 0 Å². The molecule has 2 atom stereocenters. The molecule has 0 spiro atoms. The molecule has 0 radical (unpaired) electrons. The van der Waals surface area contributed by atoms with Gasteiger partial charge in [0.05, 0.1) is 11.5 Å². The second-order valence-corrected chi connectivity index (χ2v) is 5.41. The lowest BCUT2D eigenvalue weighted by atomic mass is 10.1. The van der Waals surface area contributed by atoms with Gasteiger partial charge in [-0.25, -0.2) is 0 Å². The van der Waals surface area contributed by atoms with Crippen molar-refractivity contribution in [3.63, 3.8) is 0 Å². The molecule has 2 aromatic rings. The SMILES string of the molecule is Cc1nnc2ccc(C(=O)N[C@@H]3CC[C@H](C(=O)O)C3)cn12. The van der Waals surface area contributed by atoms with Gasteiger partial charge in [0, 0.05) is 12.2 Å². The van der Waals surface area contributed by atoms with Crippen LogP contribution in [-0.4, -0.2) is 37.6 Å². The van der Waals surface area contributed by atoms with E-state index in [-0.39, 0.29) is 17.9 Å². The maximum absolute atomic E-state index is 12.2. The van der Waals surface area contributed by atoms with Gasteiger partial charge in [0.25, 0.3) is 5.91 Å². The number of amides is 1. The van der Waals surface area contributed by atoms with E-state index in [4.69, 9.17) is 5.11 Å². The number of nitrogens with zero attached hydrogens (tertiary/aromatic N) is 3.